The maximum atomic E-state index is 12.6. The fraction of sp³-hybridized carbons (Fsp3) is 0.667. The fourth-order valence-corrected chi connectivity index (χ4v) is 3.74. The number of nitrogens with zero attached hydrogens (tertiary/aromatic N) is 3. The molecule has 3 heterocycles. The van der Waals surface area contributed by atoms with Crippen molar-refractivity contribution in [2.24, 2.45) is 0 Å². The second kappa shape index (κ2) is 7.37. The Morgan fingerprint density at radius 1 is 1.28 bits per heavy atom. The Kier molecular flexibility index (Phi) is 5.20. The van der Waals surface area contributed by atoms with Crippen LogP contribution in [0.2, 0.25) is 0 Å². The number of amides is 2. The van der Waals surface area contributed by atoms with E-state index >= 15 is 0 Å². The van der Waals surface area contributed by atoms with Crippen LogP contribution in [-0.4, -0.2) is 44.7 Å². The van der Waals surface area contributed by atoms with Gasteiger partial charge in [0, 0.05) is 32.9 Å². The number of likely N-dealkylation sites (tertiary alicyclic amines) is 1. The van der Waals surface area contributed by atoms with Gasteiger partial charge in [-0.1, -0.05) is 6.92 Å². The van der Waals surface area contributed by atoms with Crippen LogP contribution in [0.1, 0.15) is 69.1 Å². The molecule has 1 aromatic heterocycles. The Hall–Kier alpha value is -2.18. The van der Waals surface area contributed by atoms with E-state index in [-0.39, 0.29) is 23.4 Å². The molecule has 2 aliphatic heterocycles. The highest BCUT2D eigenvalue weighted by molar-refractivity contribution is 5.76. The molecule has 1 unspecified atom stereocenters. The number of aromatic nitrogens is 2. The van der Waals surface area contributed by atoms with Crippen molar-refractivity contribution in [3.8, 4) is 0 Å². The van der Waals surface area contributed by atoms with Crippen LogP contribution in [0.15, 0.2) is 4.79 Å². The Morgan fingerprint density at radius 2 is 2.08 bits per heavy atom. The number of hydrogen-bond acceptors (Lipinski definition) is 4. The Labute approximate surface area is 147 Å². The van der Waals surface area contributed by atoms with Gasteiger partial charge in [-0.25, -0.2) is 4.98 Å². The molecule has 1 N–H and O–H groups in total. The summed E-state index contributed by atoms with van der Waals surface area (Å²) in [5.41, 5.74) is 1.16. The minimum absolute atomic E-state index is 0.0299. The molecule has 0 radical (unpaired) electrons. The quantitative estimate of drug-likeness (QED) is 0.899. The van der Waals surface area contributed by atoms with Crippen LogP contribution in [0.5, 0.6) is 0 Å². The van der Waals surface area contributed by atoms with Crippen LogP contribution in [0.3, 0.4) is 0 Å². The molecule has 2 amide bonds. The average Bonchev–Trinajstić information content (AvgIpc) is 2.61. The lowest BCUT2D eigenvalue weighted by Crippen LogP contribution is -2.42. The third kappa shape index (κ3) is 3.60. The van der Waals surface area contributed by atoms with E-state index in [1.807, 2.05) is 11.8 Å². The minimum atomic E-state index is -0.181. The van der Waals surface area contributed by atoms with Crippen molar-refractivity contribution in [2.75, 3.05) is 13.1 Å². The van der Waals surface area contributed by atoms with Crippen molar-refractivity contribution in [2.45, 2.75) is 65.0 Å². The van der Waals surface area contributed by atoms with Crippen LogP contribution in [0.4, 0.5) is 0 Å². The molecule has 2 aliphatic rings. The molecule has 0 spiro atoms. The third-order valence-electron chi connectivity index (χ3n) is 5.13. The van der Waals surface area contributed by atoms with Crippen LogP contribution >= 0.6 is 0 Å². The van der Waals surface area contributed by atoms with Crippen molar-refractivity contribution in [3.63, 3.8) is 0 Å². The molecule has 7 nitrogen and oxygen atoms in total. The average molecular weight is 346 g/mol. The number of aromatic amines is 1. The summed E-state index contributed by atoms with van der Waals surface area (Å²) in [6, 6.07) is -0.142. The van der Waals surface area contributed by atoms with Crippen LogP contribution < -0.4 is 5.56 Å². The summed E-state index contributed by atoms with van der Waals surface area (Å²) in [4.78, 5) is 47.7. The van der Waals surface area contributed by atoms with Crippen LogP contribution in [0, 0.1) is 0 Å². The van der Waals surface area contributed by atoms with Gasteiger partial charge in [-0.05, 0) is 25.7 Å². The molecule has 0 aromatic carbocycles. The topological polar surface area (TPSA) is 86.4 Å². The van der Waals surface area contributed by atoms with E-state index in [1.165, 1.54) is 6.92 Å². The zero-order valence-electron chi connectivity index (χ0n) is 15.0. The summed E-state index contributed by atoms with van der Waals surface area (Å²) >= 11 is 0. The summed E-state index contributed by atoms with van der Waals surface area (Å²) in [5.74, 6) is 0.706. The molecular weight excluding hydrogens is 320 g/mol. The SMILES string of the molecule is CCCC(=O)N1CCCCC1c1nc2c(c(=O)[nH]1)CN(C(C)=O)CC2. The van der Waals surface area contributed by atoms with E-state index in [1.54, 1.807) is 4.90 Å². The van der Waals surface area contributed by atoms with Crippen molar-refractivity contribution in [3.05, 3.63) is 27.4 Å². The van der Waals surface area contributed by atoms with Gasteiger partial charge in [0.05, 0.1) is 23.8 Å². The number of piperidine rings is 1. The van der Waals surface area contributed by atoms with E-state index in [9.17, 15) is 14.4 Å². The number of carbonyl (C=O) groups excluding carboxylic acids is 2. The molecule has 0 bridgehead atoms. The van der Waals surface area contributed by atoms with Gasteiger partial charge in [0.2, 0.25) is 11.8 Å². The summed E-state index contributed by atoms with van der Waals surface area (Å²) in [6.07, 6.45) is 4.78. The van der Waals surface area contributed by atoms with Crippen molar-refractivity contribution in [1.82, 2.24) is 19.8 Å². The van der Waals surface area contributed by atoms with Gasteiger partial charge in [0.15, 0.2) is 0 Å². The van der Waals surface area contributed by atoms with Crippen molar-refractivity contribution < 1.29 is 9.59 Å². The number of H-pyrrole nitrogens is 1. The van der Waals surface area contributed by atoms with Gasteiger partial charge in [-0.2, -0.15) is 0 Å². The Morgan fingerprint density at radius 3 is 2.80 bits per heavy atom. The number of fused-ring (bicyclic) bond motifs is 1. The normalized spacial score (nSPS) is 20.3. The highest BCUT2D eigenvalue weighted by Crippen LogP contribution is 2.30. The van der Waals surface area contributed by atoms with Crippen LogP contribution in [0.25, 0.3) is 0 Å². The third-order valence-corrected chi connectivity index (χ3v) is 5.13. The van der Waals surface area contributed by atoms with Gasteiger partial charge >= 0.3 is 0 Å². The lowest BCUT2D eigenvalue weighted by Gasteiger charge is -2.35. The van der Waals surface area contributed by atoms with Gasteiger partial charge < -0.3 is 14.8 Å². The zero-order chi connectivity index (χ0) is 18.0. The smallest absolute Gasteiger partial charge is 0.256 e. The first kappa shape index (κ1) is 17.6. The summed E-state index contributed by atoms with van der Waals surface area (Å²) in [7, 11) is 0. The van der Waals surface area contributed by atoms with E-state index in [2.05, 4.69) is 4.98 Å². The van der Waals surface area contributed by atoms with Crippen molar-refractivity contribution in [1.29, 1.82) is 0 Å². The highest BCUT2D eigenvalue weighted by atomic mass is 16.2. The van der Waals surface area contributed by atoms with Gasteiger partial charge in [0.25, 0.3) is 5.56 Å². The number of rotatable bonds is 3. The van der Waals surface area contributed by atoms with Gasteiger partial charge in [-0.3, -0.25) is 14.4 Å². The molecule has 7 heteroatoms. The number of carbonyl (C=O) groups is 2. The zero-order valence-corrected chi connectivity index (χ0v) is 15.0. The molecule has 1 fully saturated rings. The first-order valence-corrected chi connectivity index (χ1v) is 9.18. The second-order valence-electron chi connectivity index (χ2n) is 6.92. The standard InChI is InChI=1S/C18H26N4O3/c1-3-6-16(24)22-9-5-4-7-15(22)17-19-14-8-10-21(12(2)23)11-13(14)18(25)20-17/h15H,3-11H2,1-2H3,(H,19,20,25). The molecule has 0 saturated carbocycles. The maximum Gasteiger partial charge on any atom is 0.256 e. The van der Waals surface area contributed by atoms with Gasteiger partial charge in [0.1, 0.15) is 5.82 Å². The van der Waals surface area contributed by atoms with E-state index in [4.69, 9.17) is 4.98 Å². The van der Waals surface area contributed by atoms with E-state index < -0.39 is 0 Å². The molecular formula is C18H26N4O3. The first-order chi connectivity index (χ1) is 12.0. The maximum absolute atomic E-state index is 12.6. The number of nitrogens with one attached hydrogen (secondary N) is 1. The first-order valence-electron chi connectivity index (χ1n) is 9.18. The molecule has 1 saturated heterocycles. The predicted molar refractivity (Wildman–Crippen MR) is 92.9 cm³/mol. The minimum Gasteiger partial charge on any atom is -0.338 e. The summed E-state index contributed by atoms with van der Waals surface area (Å²) in [5, 5.41) is 0. The molecule has 0 aliphatic carbocycles. The van der Waals surface area contributed by atoms with Crippen molar-refractivity contribution >= 4 is 11.8 Å². The van der Waals surface area contributed by atoms with Gasteiger partial charge in [-0.15, -0.1) is 0 Å². The van der Waals surface area contributed by atoms with E-state index in [0.29, 0.717) is 37.3 Å². The lowest BCUT2D eigenvalue weighted by molar-refractivity contribution is -0.135. The monoisotopic (exact) mass is 346 g/mol. The second-order valence-corrected chi connectivity index (χ2v) is 6.92. The fourth-order valence-electron chi connectivity index (χ4n) is 3.74. The largest absolute Gasteiger partial charge is 0.338 e. The predicted octanol–water partition coefficient (Wildman–Crippen LogP) is 1.53. The molecule has 1 aromatic rings. The Bertz CT molecular complexity index is 728. The Balaban J connectivity index is 1.90. The van der Waals surface area contributed by atoms with Crippen LogP contribution in [-0.2, 0) is 22.6 Å². The molecule has 25 heavy (non-hydrogen) atoms. The highest BCUT2D eigenvalue weighted by Gasteiger charge is 2.31. The molecule has 1 atom stereocenters. The van der Waals surface area contributed by atoms with E-state index in [0.717, 1.165) is 37.9 Å². The molecule has 3 rings (SSSR count). The lowest BCUT2D eigenvalue weighted by atomic mass is 9.99. The molecule has 136 valence electrons. The number of hydrogen-bond donors (Lipinski definition) is 1. The summed E-state index contributed by atoms with van der Waals surface area (Å²) < 4.78 is 0. The summed E-state index contributed by atoms with van der Waals surface area (Å²) in [6.45, 7) is 5.14.